The number of rotatable bonds is 7. The Bertz CT molecular complexity index is 1040. The number of ketones is 1. The minimum absolute atomic E-state index is 0.122. The molecular formula is C22H20BrNO3S. The fraction of sp³-hybridized carbons (Fsp3) is 0.136. The van der Waals surface area contributed by atoms with Crippen LogP contribution in [0.3, 0.4) is 0 Å². The number of halogens is 1. The summed E-state index contributed by atoms with van der Waals surface area (Å²) < 4.78 is 28.5. The van der Waals surface area contributed by atoms with Gasteiger partial charge in [-0.15, -0.1) is 0 Å². The fourth-order valence-corrected chi connectivity index (χ4v) is 4.87. The van der Waals surface area contributed by atoms with Crippen LogP contribution in [0.5, 0.6) is 0 Å². The summed E-state index contributed by atoms with van der Waals surface area (Å²) in [6, 6.07) is 23.5. The molecule has 1 N–H and O–H groups in total. The highest BCUT2D eigenvalue weighted by molar-refractivity contribution is 9.09. The van der Waals surface area contributed by atoms with Gasteiger partial charge in [0.1, 0.15) is 6.04 Å². The summed E-state index contributed by atoms with van der Waals surface area (Å²) in [5, 5.41) is 0. The second-order valence-electron chi connectivity index (χ2n) is 6.45. The SMILES string of the molecule is Cc1ccc(S(=O)(=O)NC(C(=O)c2ccccc2)C(Br)c2ccccc2)cc1. The molecule has 0 amide bonds. The molecule has 4 nitrogen and oxygen atoms in total. The fourth-order valence-electron chi connectivity index (χ4n) is 2.81. The molecule has 0 aromatic heterocycles. The summed E-state index contributed by atoms with van der Waals surface area (Å²) in [6.45, 7) is 1.88. The highest BCUT2D eigenvalue weighted by Gasteiger charge is 2.33. The smallest absolute Gasteiger partial charge is 0.241 e. The van der Waals surface area contributed by atoms with E-state index in [1.807, 2.05) is 43.3 Å². The van der Waals surface area contributed by atoms with Crippen molar-refractivity contribution >= 4 is 31.7 Å². The minimum atomic E-state index is -3.88. The standard InChI is InChI=1S/C22H20BrNO3S/c1-16-12-14-19(15-13-16)28(26,27)24-21(20(23)17-8-4-2-5-9-17)22(25)18-10-6-3-7-11-18/h2-15,20-21,24H,1H3. The lowest BCUT2D eigenvalue weighted by atomic mass is 9.98. The van der Waals surface area contributed by atoms with Gasteiger partial charge < -0.3 is 0 Å². The van der Waals surface area contributed by atoms with Crippen molar-refractivity contribution in [3.63, 3.8) is 0 Å². The third-order valence-corrected chi connectivity index (χ3v) is 6.88. The number of carbonyl (C=O) groups is 1. The predicted molar refractivity (Wildman–Crippen MR) is 114 cm³/mol. The number of sulfonamides is 1. The predicted octanol–water partition coefficient (Wildman–Crippen LogP) is 4.66. The molecule has 28 heavy (non-hydrogen) atoms. The Balaban J connectivity index is 1.98. The first-order valence-electron chi connectivity index (χ1n) is 8.76. The largest absolute Gasteiger partial charge is 0.292 e. The van der Waals surface area contributed by atoms with E-state index in [1.165, 1.54) is 12.1 Å². The Hall–Kier alpha value is -2.28. The van der Waals surface area contributed by atoms with Crippen LogP contribution in [-0.2, 0) is 10.0 Å². The molecule has 2 unspecified atom stereocenters. The quantitative estimate of drug-likeness (QED) is 0.414. The molecule has 3 rings (SSSR count). The summed E-state index contributed by atoms with van der Waals surface area (Å²) in [4.78, 5) is 12.8. The maximum atomic E-state index is 13.2. The lowest BCUT2D eigenvalue weighted by Gasteiger charge is -2.23. The number of alkyl halides is 1. The van der Waals surface area contributed by atoms with E-state index in [4.69, 9.17) is 0 Å². The van der Waals surface area contributed by atoms with Crippen LogP contribution in [0.1, 0.15) is 26.3 Å². The highest BCUT2D eigenvalue weighted by atomic mass is 79.9. The summed E-state index contributed by atoms with van der Waals surface area (Å²) in [6.07, 6.45) is 0. The van der Waals surface area contributed by atoms with Crippen LogP contribution in [0, 0.1) is 6.92 Å². The first-order chi connectivity index (χ1) is 13.4. The van der Waals surface area contributed by atoms with Crippen molar-refractivity contribution in [2.24, 2.45) is 0 Å². The van der Waals surface area contributed by atoms with Gasteiger partial charge in [0.25, 0.3) is 0 Å². The molecular weight excluding hydrogens is 438 g/mol. The Morgan fingerprint density at radius 2 is 1.39 bits per heavy atom. The number of nitrogens with one attached hydrogen (secondary N) is 1. The van der Waals surface area contributed by atoms with Gasteiger partial charge in [0, 0.05) is 5.56 Å². The van der Waals surface area contributed by atoms with Crippen molar-refractivity contribution in [3.8, 4) is 0 Å². The number of Topliss-reactive ketones (excluding diaryl/α,β-unsaturated/α-hetero) is 1. The molecule has 144 valence electrons. The van der Waals surface area contributed by atoms with Gasteiger partial charge in [-0.1, -0.05) is 94.3 Å². The van der Waals surface area contributed by atoms with E-state index in [0.717, 1.165) is 11.1 Å². The number of hydrogen-bond acceptors (Lipinski definition) is 3. The first-order valence-corrected chi connectivity index (χ1v) is 11.2. The second-order valence-corrected chi connectivity index (χ2v) is 9.16. The maximum absolute atomic E-state index is 13.2. The topological polar surface area (TPSA) is 63.2 Å². The van der Waals surface area contributed by atoms with Crippen LogP contribution in [-0.4, -0.2) is 20.2 Å². The number of aryl methyl sites for hydroxylation is 1. The van der Waals surface area contributed by atoms with Crippen molar-refractivity contribution in [1.82, 2.24) is 4.72 Å². The van der Waals surface area contributed by atoms with E-state index in [1.54, 1.807) is 36.4 Å². The summed E-state index contributed by atoms with van der Waals surface area (Å²) in [7, 11) is -3.88. The van der Waals surface area contributed by atoms with Crippen molar-refractivity contribution < 1.29 is 13.2 Å². The van der Waals surface area contributed by atoms with Gasteiger partial charge >= 0.3 is 0 Å². The van der Waals surface area contributed by atoms with Gasteiger partial charge in [0.2, 0.25) is 10.0 Å². The van der Waals surface area contributed by atoms with Gasteiger partial charge in [-0.2, -0.15) is 4.72 Å². The molecule has 0 aliphatic heterocycles. The zero-order chi connectivity index (χ0) is 20.1. The van der Waals surface area contributed by atoms with Crippen LogP contribution in [0.25, 0.3) is 0 Å². The van der Waals surface area contributed by atoms with E-state index in [-0.39, 0.29) is 10.7 Å². The van der Waals surface area contributed by atoms with Crippen molar-refractivity contribution in [2.45, 2.75) is 22.7 Å². The lowest BCUT2D eigenvalue weighted by Crippen LogP contribution is -2.43. The Morgan fingerprint density at radius 1 is 0.857 bits per heavy atom. The van der Waals surface area contributed by atoms with Crippen LogP contribution >= 0.6 is 15.9 Å². The average Bonchev–Trinajstić information content (AvgIpc) is 2.72. The molecule has 0 radical (unpaired) electrons. The van der Waals surface area contributed by atoms with Gasteiger partial charge in [0.15, 0.2) is 5.78 Å². The third-order valence-electron chi connectivity index (χ3n) is 4.36. The molecule has 0 aliphatic rings. The normalized spacial score (nSPS) is 13.6. The van der Waals surface area contributed by atoms with Crippen LogP contribution in [0.4, 0.5) is 0 Å². The van der Waals surface area contributed by atoms with Crippen LogP contribution in [0.15, 0.2) is 89.8 Å². The zero-order valence-corrected chi connectivity index (χ0v) is 17.7. The van der Waals surface area contributed by atoms with E-state index in [2.05, 4.69) is 20.7 Å². The Kier molecular flexibility index (Phi) is 6.44. The molecule has 6 heteroatoms. The summed E-state index contributed by atoms with van der Waals surface area (Å²) >= 11 is 3.54. The number of benzene rings is 3. The van der Waals surface area contributed by atoms with E-state index < -0.39 is 20.9 Å². The van der Waals surface area contributed by atoms with E-state index >= 15 is 0 Å². The third kappa shape index (κ3) is 4.76. The Labute approximate surface area is 173 Å². The summed E-state index contributed by atoms with van der Waals surface area (Å²) in [5.41, 5.74) is 2.21. The van der Waals surface area contributed by atoms with E-state index in [9.17, 15) is 13.2 Å². The van der Waals surface area contributed by atoms with Gasteiger partial charge in [-0.3, -0.25) is 4.79 Å². The lowest BCUT2D eigenvalue weighted by molar-refractivity contribution is 0.0952. The monoisotopic (exact) mass is 457 g/mol. The average molecular weight is 458 g/mol. The van der Waals surface area contributed by atoms with Crippen molar-refractivity contribution in [2.75, 3.05) is 0 Å². The molecule has 3 aromatic carbocycles. The van der Waals surface area contributed by atoms with Crippen molar-refractivity contribution in [3.05, 3.63) is 102 Å². The van der Waals surface area contributed by atoms with Gasteiger partial charge in [-0.25, -0.2) is 8.42 Å². The highest BCUT2D eigenvalue weighted by Crippen LogP contribution is 2.29. The maximum Gasteiger partial charge on any atom is 0.241 e. The molecule has 0 saturated heterocycles. The zero-order valence-electron chi connectivity index (χ0n) is 15.2. The molecule has 0 heterocycles. The van der Waals surface area contributed by atoms with Gasteiger partial charge in [-0.05, 0) is 24.6 Å². The molecule has 0 spiro atoms. The van der Waals surface area contributed by atoms with Crippen LogP contribution < -0.4 is 4.72 Å². The number of hydrogen-bond donors (Lipinski definition) is 1. The molecule has 0 fully saturated rings. The molecule has 0 bridgehead atoms. The molecule has 3 aromatic rings. The molecule has 0 saturated carbocycles. The molecule has 0 aliphatic carbocycles. The Morgan fingerprint density at radius 3 is 1.96 bits per heavy atom. The summed E-state index contributed by atoms with van der Waals surface area (Å²) in [5.74, 6) is -0.304. The second kappa shape index (κ2) is 8.82. The number of carbonyl (C=O) groups excluding carboxylic acids is 1. The van der Waals surface area contributed by atoms with Crippen molar-refractivity contribution in [1.29, 1.82) is 0 Å². The molecule has 2 atom stereocenters. The minimum Gasteiger partial charge on any atom is -0.292 e. The van der Waals surface area contributed by atoms with Crippen LogP contribution in [0.2, 0.25) is 0 Å². The first kappa shape index (κ1) is 20.5. The van der Waals surface area contributed by atoms with E-state index in [0.29, 0.717) is 5.56 Å². The van der Waals surface area contributed by atoms with Gasteiger partial charge in [0.05, 0.1) is 9.72 Å².